The van der Waals surface area contributed by atoms with Crippen LogP contribution in [-0.2, 0) is 10.4 Å². The van der Waals surface area contributed by atoms with Crippen molar-refractivity contribution in [2.75, 3.05) is 0 Å². The van der Waals surface area contributed by atoms with Crippen molar-refractivity contribution in [1.82, 2.24) is 0 Å². The van der Waals surface area contributed by atoms with Crippen LogP contribution in [-0.4, -0.2) is 57.9 Å². The van der Waals surface area contributed by atoms with Gasteiger partial charge in [0.25, 0.3) is 0 Å². The molecule has 0 aromatic carbocycles. The number of rotatable bonds is 0. The zero-order valence-electron chi connectivity index (χ0n) is 2.70. The van der Waals surface area contributed by atoms with Gasteiger partial charge in [0.15, 0.2) is 17.4 Å². The Morgan fingerprint density at radius 2 is 1.12 bits per heavy atom. The largest absolute Gasteiger partial charge is 0.394 e. The maximum atomic E-state index is 8.74. The minimum Gasteiger partial charge on any atom is -0.264 e. The maximum Gasteiger partial charge on any atom is 0.394 e. The van der Waals surface area contributed by atoms with Gasteiger partial charge in [0.1, 0.15) is 0 Å². The van der Waals surface area contributed by atoms with Gasteiger partial charge in [0.2, 0.25) is 0 Å². The first-order valence-electron chi connectivity index (χ1n) is 0.698. The van der Waals surface area contributed by atoms with E-state index >= 15 is 0 Å². The Labute approximate surface area is 102 Å². The Hall–Kier alpha value is 2.36. The molecule has 0 bridgehead atoms. The topological polar surface area (TPSA) is 74.6 Å². The van der Waals surface area contributed by atoms with Gasteiger partial charge in [-0.15, -0.1) is 0 Å². The third kappa shape index (κ3) is 81.2. The van der Waals surface area contributed by atoms with Crippen molar-refractivity contribution in [3.63, 3.8) is 0 Å². The SMILES string of the molecule is O=S(=O)(O)O.[AlH3].[La].[MgH2]. The predicted molar refractivity (Wildman–Crippen MR) is 32.7 cm³/mol. The van der Waals surface area contributed by atoms with E-state index in [-0.39, 0.29) is 76.0 Å². The van der Waals surface area contributed by atoms with E-state index in [2.05, 4.69) is 0 Å². The standard InChI is InChI=1S/Al.La.Mg.H2O4S.5H/c;;;1-5(2,3)4;;;;;/h;;;(H2,1,2,3,4);;;;;. The van der Waals surface area contributed by atoms with Crippen molar-refractivity contribution in [2.45, 2.75) is 0 Å². The van der Waals surface area contributed by atoms with E-state index in [0.717, 1.165) is 0 Å². The first kappa shape index (κ1) is 22.4. The summed E-state index contributed by atoms with van der Waals surface area (Å²) in [5.41, 5.74) is 0. The van der Waals surface area contributed by atoms with Crippen molar-refractivity contribution in [2.24, 2.45) is 0 Å². The van der Waals surface area contributed by atoms with E-state index < -0.39 is 10.4 Å². The smallest absolute Gasteiger partial charge is 0.264 e. The van der Waals surface area contributed by atoms with Crippen LogP contribution in [0.4, 0.5) is 0 Å². The Kier molecular flexibility index (Phi) is 26.3. The van der Waals surface area contributed by atoms with Crippen LogP contribution in [0.5, 0.6) is 0 Å². The molecule has 0 unspecified atom stereocenters. The van der Waals surface area contributed by atoms with Crippen LogP contribution in [0.2, 0.25) is 0 Å². The van der Waals surface area contributed by atoms with Crippen LogP contribution in [0.1, 0.15) is 0 Å². The average Bonchev–Trinajstić information content (AvgIpc) is 0.722. The van der Waals surface area contributed by atoms with Crippen LogP contribution < -0.4 is 0 Å². The fourth-order valence-corrected chi connectivity index (χ4v) is 0. The molecule has 45 valence electrons. The summed E-state index contributed by atoms with van der Waals surface area (Å²) in [5, 5.41) is 0. The molecule has 4 nitrogen and oxygen atoms in total. The summed E-state index contributed by atoms with van der Waals surface area (Å²) in [5.74, 6) is 0. The molecule has 0 heterocycles. The summed E-state index contributed by atoms with van der Waals surface area (Å²) >= 11 is 0. The van der Waals surface area contributed by atoms with Gasteiger partial charge in [0.05, 0.1) is 0 Å². The molecule has 1 radical (unpaired) electrons. The molecule has 0 aromatic rings. The average molecular weight is 293 g/mol. The quantitative estimate of drug-likeness (QED) is 0.375. The molecule has 0 saturated heterocycles. The minimum atomic E-state index is -4.67. The second kappa shape index (κ2) is 9.36. The molecule has 0 atom stereocenters. The van der Waals surface area contributed by atoms with Crippen LogP contribution in [0, 0.1) is 35.6 Å². The molecular weight excluding hydrogens is 286 g/mol. The zero-order valence-corrected chi connectivity index (χ0v) is 7.14. The van der Waals surface area contributed by atoms with Gasteiger partial charge in [-0.1, -0.05) is 0 Å². The maximum absolute atomic E-state index is 8.74. The minimum absolute atomic E-state index is 0. The Bertz CT molecular complexity index is 99.2. The second-order valence-corrected chi connectivity index (χ2v) is 1.34. The molecule has 0 spiro atoms. The fraction of sp³-hybridized carbons (Fsp3) is 0. The van der Waals surface area contributed by atoms with Gasteiger partial charge in [-0.2, -0.15) is 8.42 Å². The van der Waals surface area contributed by atoms with Crippen LogP contribution in [0.25, 0.3) is 0 Å². The molecule has 0 amide bonds. The van der Waals surface area contributed by atoms with E-state index in [4.69, 9.17) is 17.5 Å². The van der Waals surface area contributed by atoms with Gasteiger partial charge in [-0.25, -0.2) is 0 Å². The summed E-state index contributed by atoms with van der Waals surface area (Å²) in [6, 6.07) is 0. The van der Waals surface area contributed by atoms with Gasteiger partial charge >= 0.3 is 33.5 Å². The molecule has 8 heavy (non-hydrogen) atoms. The summed E-state index contributed by atoms with van der Waals surface area (Å²) < 4.78 is 31.6. The first-order valence-corrected chi connectivity index (χ1v) is 2.10. The van der Waals surface area contributed by atoms with Crippen LogP contribution in [0.15, 0.2) is 0 Å². The van der Waals surface area contributed by atoms with Gasteiger partial charge < -0.3 is 0 Å². The van der Waals surface area contributed by atoms with Crippen molar-refractivity contribution in [1.29, 1.82) is 0 Å². The van der Waals surface area contributed by atoms with Crippen LogP contribution in [0.3, 0.4) is 0 Å². The van der Waals surface area contributed by atoms with E-state index in [9.17, 15) is 0 Å². The van der Waals surface area contributed by atoms with Gasteiger partial charge in [-0.05, 0) is 0 Å². The summed E-state index contributed by atoms with van der Waals surface area (Å²) in [4.78, 5) is 0. The van der Waals surface area contributed by atoms with E-state index in [1.54, 1.807) is 0 Å². The molecule has 2 N–H and O–H groups in total. The van der Waals surface area contributed by atoms with Crippen molar-refractivity contribution in [3.05, 3.63) is 0 Å². The third-order valence-corrected chi connectivity index (χ3v) is 0. The molecular formula is H7AlLaMgO4S. The zero-order chi connectivity index (χ0) is 4.50. The van der Waals surface area contributed by atoms with Gasteiger partial charge in [-0.3, -0.25) is 9.11 Å². The van der Waals surface area contributed by atoms with Crippen molar-refractivity contribution < 1.29 is 53.1 Å². The molecule has 0 saturated carbocycles. The molecule has 0 aliphatic carbocycles. The first-order chi connectivity index (χ1) is 2.00. The number of hydrogen-bond acceptors (Lipinski definition) is 2. The summed E-state index contributed by atoms with van der Waals surface area (Å²) in [7, 11) is -4.67. The normalized spacial score (nSPS) is 7.25. The Morgan fingerprint density at radius 1 is 1.12 bits per heavy atom. The molecule has 0 fully saturated rings. The summed E-state index contributed by atoms with van der Waals surface area (Å²) in [6.45, 7) is 0. The molecule has 0 aliphatic rings. The fourth-order valence-electron chi connectivity index (χ4n) is 0. The molecule has 0 rings (SSSR count). The van der Waals surface area contributed by atoms with Crippen molar-refractivity contribution in [3.8, 4) is 0 Å². The molecule has 8 heteroatoms. The third-order valence-electron chi connectivity index (χ3n) is 0. The second-order valence-electron chi connectivity index (χ2n) is 0.448. The van der Waals surface area contributed by atoms with E-state index in [0.29, 0.717) is 0 Å². The van der Waals surface area contributed by atoms with Crippen molar-refractivity contribution >= 4 is 50.8 Å². The van der Waals surface area contributed by atoms with E-state index in [1.807, 2.05) is 0 Å². The van der Waals surface area contributed by atoms with E-state index in [1.165, 1.54) is 0 Å². The Morgan fingerprint density at radius 3 is 1.12 bits per heavy atom. The monoisotopic (exact) mass is 293 g/mol. The molecule has 0 aliphatic heterocycles. The summed E-state index contributed by atoms with van der Waals surface area (Å²) in [6.07, 6.45) is 0. The van der Waals surface area contributed by atoms with Crippen LogP contribution >= 0.6 is 0 Å². The number of hydrogen-bond donors (Lipinski definition) is 2. The molecule has 0 aromatic heterocycles. The van der Waals surface area contributed by atoms with Gasteiger partial charge in [0, 0.05) is 35.6 Å². The predicted octanol–water partition coefficient (Wildman–Crippen LogP) is -2.75. The Balaban J connectivity index is -0.0000000267.